The van der Waals surface area contributed by atoms with Crippen LogP contribution in [0.15, 0.2) is 158 Å². The zero-order valence-electron chi connectivity index (χ0n) is 37.6. The topological polar surface area (TPSA) is 30.7 Å². The van der Waals surface area contributed by atoms with Crippen molar-refractivity contribution in [2.75, 3.05) is 0 Å². The van der Waals surface area contributed by atoms with Gasteiger partial charge in [-0.3, -0.25) is 4.98 Å². The van der Waals surface area contributed by atoms with Gasteiger partial charge in [-0.2, -0.15) is 11.3 Å². The normalized spacial score (nSPS) is 13.0. The van der Waals surface area contributed by atoms with Gasteiger partial charge in [0.05, 0.1) is 30.6 Å². The molecule has 0 saturated heterocycles. The Balaban J connectivity index is 0.000000190. The Hall–Kier alpha value is -5.49. The van der Waals surface area contributed by atoms with E-state index in [0.717, 1.165) is 44.9 Å². The van der Waals surface area contributed by atoms with Gasteiger partial charge in [-0.15, -0.1) is 53.6 Å². The summed E-state index contributed by atoms with van der Waals surface area (Å²) >= 11 is 1.82. The van der Waals surface area contributed by atoms with Gasteiger partial charge in [-0.25, -0.2) is 0 Å². The number of imidazole rings is 1. The van der Waals surface area contributed by atoms with Crippen molar-refractivity contribution in [1.29, 1.82) is 0 Å². The zero-order valence-corrected chi connectivity index (χ0v) is 37.8. The van der Waals surface area contributed by atoms with Crippen LogP contribution >= 0.6 is 11.3 Å². The maximum absolute atomic E-state index is 8.48. The molecular formula is C53H45IrN3SSi-2. The van der Waals surface area contributed by atoms with Gasteiger partial charge < -0.3 is 9.55 Å². The van der Waals surface area contributed by atoms with Gasteiger partial charge in [-0.05, 0) is 56.0 Å². The van der Waals surface area contributed by atoms with Crippen molar-refractivity contribution in [3.63, 3.8) is 0 Å². The molecule has 0 aliphatic rings. The van der Waals surface area contributed by atoms with Gasteiger partial charge in [0.2, 0.25) is 0 Å². The van der Waals surface area contributed by atoms with Crippen LogP contribution in [0, 0.1) is 19.0 Å². The molecule has 0 aliphatic carbocycles. The molecule has 0 bridgehead atoms. The summed E-state index contributed by atoms with van der Waals surface area (Å²) < 4.78 is 35.6. The largest absolute Gasteiger partial charge is 0.332 e. The maximum atomic E-state index is 8.48. The minimum absolute atomic E-state index is 0. The number of hydrogen-bond donors (Lipinski definition) is 0. The number of benzene rings is 7. The molecule has 3 heterocycles. The Morgan fingerprint density at radius 1 is 0.763 bits per heavy atom. The molecule has 59 heavy (non-hydrogen) atoms. The van der Waals surface area contributed by atoms with Gasteiger partial charge in [0, 0.05) is 47.4 Å². The Morgan fingerprint density at radius 3 is 2.27 bits per heavy atom. The number of nitrogens with zero attached hydrogens (tertiary/aromatic N) is 3. The van der Waals surface area contributed by atoms with Crippen molar-refractivity contribution in [1.82, 2.24) is 14.5 Å². The summed E-state index contributed by atoms with van der Waals surface area (Å²) in [5.74, 6) is 0.197. The number of thiophene rings is 1. The standard InChI is InChI=1S/C35H21N2S.C18H24NSi.Ir/c1-2-11-23(12-3-1)26-22-21-24-13-4-5-14-25(24)33(26)37-31-19-8-7-18-30(31)36-35(37)29-17-10-16-28-27-15-6-9-20-32(27)38-34(28)29;1-13(2)16-11-17(15-9-7-14(3)8-10-15)19-12-18(16)20(4,5)6;/h1-16,18-22H;7-9,11-13H,1-6H3;/q2*-1;/i;3D3,13D;. The number of aromatic nitrogens is 3. The van der Waals surface area contributed by atoms with Crippen molar-refractivity contribution in [2.45, 2.75) is 46.2 Å². The molecule has 3 nitrogen and oxygen atoms in total. The van der Waals surface area contributed by atoms with Crippen LogP contribution in [0.2, 0.25) is 19.6 Å². The van der Waals surface area contributed by atoms with E-state index in [0.29, 0.717) is 0 Å². The predicted molar refractivity (Wildman–Crippen MR) is 251 cm³/mol. The summed E-state index contributed by atoms with van der Waals surface area (Å²) in [6.45, 7) is 8.38. The molecule has 10 aromatic rings. The van der Waals surface area contributed by atoms with Crippen LogP contribution in [0.3, 0.4) is 0 Å². The molecule has 293 valence electrons. The van der Waals surface area contributed by atoms with Gasteiger partial charge in [-0.1, -0.05) is 160 Å². The first-order valence-electron chi connectivity index (χ1n) is 21.6. The first-order chi connectivity index (χ1) is 29.7. The molecule has 6 heteroatoms. The van der Waals surface area contributed by atoms with Crippen molar-refractivity contribution >= 4 is 66.6 Å². The summed E-state index contributed by atoms with van der Waals surface area (Å²) in [6.07, 6.45) is 1.89. The van der Waals surface area contributed by atoms with E-state index in [2.05, 4.69) is 163 Å². The zero-order chi connectivity index (χ0) is 43.4. The quantitative estimate of drug-likeness (QED) is 0.123. The van der Waals surface area contributed by atoms with Crippen molar-refractivity contribution < 1.29 is 25.6 Å². The third-order valence-corrected chi connectivity index (χ3v) is 13.9. The minimum Gasteiger partial charge on any atom is -0.332 e. The van der Waals surface area contributed by atoms with E-state index >= 15 is 0 Å². The molecular weight excluding hydrogens is 931 g/mol. The molecule has 7 aromatic carbocycles. The smallest absolute Gasteiger partial charge is 0.0799 e. The van der Waals surface area contributed by atoms with Crippen LogP contribution < -0.4 is 5.19 Å². The van der Waals surface area contributed by atoms with Crippen LogP contribution in [-0.2, 0) is 20.1 Å². The number of fused-ring (bicyclic) bond motifs is 5. The van der Waals surface area contributed by atoms with Gasteiger partial charge in [0.1, 0.15) is 0 Å². The van der Waals surface area contributed by atoms with Gasteiger partial charge in [0.15, 0.2) is 0 Å². The molecule has 3 aromatic heterocycles. The fourth-order valence-electron chi connectivity index (χ4n) is 7.82. The van der Waals surface area contributed by atoms with Crippen LogP contribution in [-0.4, -0.2) is 22.6 Å². The van der Waals surface area contributed by atoms with Crippen LogP contribution in [0.4, 0.5) is 0 Å². The Labute approximate surface area is 371 Å². The Morgan fingerprint density at radius 2 is 1.51 bits per heavy atom. The molecule has 0 atom stereocenters. The molecule has 0 fully saturated rings. The minimum atomic E-state index is -2.13. The molecule has 0 spiro atoms. The monoisotopic (exact) mass is 980 g/mol. The van der Waals surface area contributed by atoms with Crippen molar-refractivity contribution in [3.8, 4) is 39.5 Å². The number of aryl methyl sites for hydroxylation is 1. The Kier molecular flexibility index (Phi) is 10.00. The third kappa shape index (κ3) is 7.74. The SMILES string of the molecule is [2H]C([2H])([2H])c1c[c-]c(-c2cc(C([2H])(C)C)c([Si](C)(C)C)cn2)cc1.[Ir].[c-]1ccc2c(sc3ccccc32)c1-c1nc2ccccc2n1-c1c(-c2ccccc2)ccc2ccccc12. The van der Waals surface area contributed by atoms with Gasteiger partial charge >= 0.3 is 0 Å². The van der Waals surface area contributed by atoms with E-state index in [1.165, 1.54) is 53.3 Å². The van der Waals surface area contributed by atoms with Crippen molar-refractivity contribution in [2.24, 2.45) is 0 Å². The number of pyridine rings is 1. The second-order valence-electron chi connectivity index (χ2n) is 15.9. The predicted octanol–water partition coefficient (Wildman–Crippen LogP) is 14.2. The average Bonchev–Trinajstić information content (AvgIpc) is 3.84. The molecule has 0 saturated carbocycles. The summed E-state index contributed by atoms with van der Waals surface area (Å²) in [7, 11) is -1.61. The maximum Gasteiger partial charge on any atom is 0.0799 e. The van der Waals surface area contributed by atoms with E-state index in [1.807, 2.05) is 43.5 Å². The van der Waals surface area contributed by atoms with E-state index < -0.39 is 20.8 Å². The van der Waals surface area contributed by atoms with Crippen LogP contribution in [0.1, 0.15) is 36.4 Å². The molecule has 1 radical (unpaired) electrons. The molecule has 0 amide bonds. The second kappa shape index (κ2) is 16.6. The molecule has 0 N–H and O–H groups in total. The fraction of sp³-hybridized carbons (Fsp3) is 0.132. The van der Waals surface area contributed by atoms with Crippen molar-refractivity contribution in [3.05, 3.63) is 181 Å². The summed E-state index contributed by atoms with van der Waals surface area (Å²) in [5.41, 5.74) is 9.32. The second-order valence-corrected chi connectivity index (χ2v) is 21.9. The van der Waals surface area contributed by atoms with Crippen LogP contribution in [0.25, 0.3) is 81.4 Å². The molecule has 10 rings (SSSR count). The van der Waals surface area contributed by atoms with E-state index in [4.69, 9.17) is 10.5 Å². The summed E-state index contributed by atoms with van der Waals surface area (Å²) in [6, 6.07) is 58.5. The van der Waals surface area contributed by atoms with E-state index in [1.54, 1.807) is 12.1 Å². The van der Waals surface area contributed by atoms with E-state index in [9.17, 15) is 0 Å². The summed E-state index contributed by atoms with van der Waals surface area (Å²) in [4.78, 5) is 9.82. The summed E-state index contributed by atoms with van der Waals surface area (Å²) in [5, 5.41) is 6.11. The fourth-order valence-corrected chi connectivity index (χ4v) is 10.6. The number of rotatable bonds is 6. The number of hydrogen-bond acceptors (Lipinski definition) is 3. The first-order valence-corrected chi connectivity index (χ1v) is 23.9. The van der Waals surface area contributed by atoms with E-state index in [-0.39, 0.29) is 25.7 Å². The third-order valence-electron chi connectivity index (χ3n) is 10.7. The first kappa shape index (κ1) is 35.5. The molecule has 0 aliphatic heterocycles. The Bertz CT molecular complexity index is 3260. The molecule has 0 unspecified atom stereocenters. The number of para-hydroxylation sites is 2. The average molecular weight is 980 g/mol. The van der Waals surface area contributed by atoms with Gasteiger partial charge in [0.25, 0.3) is 0 Å². The van der Waals surface area contributed by atoms with Crippen LogP contribution in [0.5, 0.6) is 0 Å².